The molecule has 3 aromatic heterocycles. The maximum atomic E-state index is 4.10. The third kappa shape index (κ3) is 0.541. The van der Waals surface area contributed by atoms with Crippen molar-refractivity contribution in [1.82, 2.24) is 30.0 Å². The number of aromatic amines is 1. The molecule has 3 aromatic rings. The first-order valence-corrected chi connectivity index (χ1v) is 3.45. The van der Waals surface area contributed by atoms with Gasteiger partial charge in [-0.1, -0.05) is 0 Å². The highest BCUT2D eigenvalue weighted by Gasteiger charge is 2.03. The number of fused-ring (bicyclic) bond motifs is 3. The highest BCUT2D eigenvalue weighted by Crippen LogP contribution is 2.11. The van der Waals surface area contributed by atoms with Gasteiger partial charge in [0.05, 0.1) is 11.8 Å². The molecule has 6 heteroatoms. The van der Waals surface area contributed by atoms with Crippen molar-refractivity contribution >= 4 is 16.7 Å². The number of nitrogens with one attached hydrogen (secondary N) is 1. The van der Waals surface area contributed by atoms with E-state index in [9.17, 15) is 0 Å². The lowest BCUT2D eigenvalue weighted by atomic mass is 10.4. The van der Waals surface area contributed by atoms with Crippen LogP contribution < -0.4 is 0 Å². The average Bonchev–Trinajstić information content (AvgIpc) is 2.71. The van der Waals surface area contributed by atoms with Gasteiger partial charge in [-0.2, -0.15) is 4.52 Å². The van der Waals surface area contributed by atoms with E-state index in [1.807, 2.05) is 6.07 Å². The van der Waals surface area contributed by atoms with E-state index in [0.29, 0.717) is 5.65 Å². The number of pyridine rings is 1. The van der Waals surface area contributed by atoms with Gasteiger partial charge in [-0.25, -0.2) is 4.98 Å². The van der Waals surface area contributed by atoms with Crippen LogP contribution in [0.15, 0.2) is 18.6 Å². The molecule has 0 aliphatic carbocycles. The van der Waals surface area contributed by atoms with Crippen LogP contribution in [0.5, 0.6) is 0 Å². The predicted molar refractivity (Wildman–Crippen MR) is 40.4 cm³/mol. The quantitative estimate of drug-likeness (QED) is 0.502. The number of hydrogen-bond acceptors (Lipinski definition) is 4. The lowest BCUT2D eigenvalue weighted by Gasteiger charge is -1.88. The van der Waals surface area contributed by atoms with Crippen molar-refractivity contribution in [2.45, 2.75) is 0 Å². The van der Waals surface area contributed by atoms with Gasteiger partial charge in [0, 0.05) is 6.20 Å². The molecule has 0 bridgehead atoms. The molecule has 0 radical (unpaired) electrons. The summed E-state index contributed by atoms with van der Waals surface area (Å²) in [5.41, 5.74) is 2.41. The molecule has 12 heavy (non-hydrogen) atoms. The Morgan fingerprint density at radius 2 is 2.42 bits per heavy atom. The minimum atomic E-state index is 0.675. The molecule has 0 aliphatic rings. The Morgan fingerprint density at radius 3 is 3.42 bits per heavy atom. The average molecular weight is 160 g/mol. The Morgan fingerprint density at radius 1 is 1.42 bits per heavy atom. The first kappa shape index (κ1) is 5.64. The van der Waals surface area contributed by atoms with Crippen LogP contribution in [0.4, 0.5) is 0 Å². The van der Waals surface area contributed by atoms with Gasteiger partial charge in [0.15, 0.2) is 0 Å². The van der Waals surface area contributed by atoms with E-state index in [4.69, 9.17) is 0 Å². The largest absolute Gasteiger partial charge is 0.344 e. The fourth-order valence-electron chi connectivity index (χ4n) is 1.20. The molecule has 0 amide bonds. The molecule has 1 N–H and O–H groups in total. The van der Waals surface area contributed by atoms with Crippen LogP contribution in [0.3, 0.4) is 0 Å². The topological polar surface area (TPSA) is 71.8 Å². The van der Waals surface area contributed by atoms with Gasteiger partial charge in [0.2, 0.25) is 5.65 Å². The highest BCUT2D eigenvalue weighted by molar-refractivity contribution is 5.86. The third-order valence-electron chi connectivity index (χ3n) is 1.76. The highest BCUT2D eigenvalue weighted by atomic mass is 15.5. The summed E-state index contributed by atoms with van der Waals surface area (Å²) in [5.74, 6) is 0. The molecule has 0 unspecified atom stereocenters. The number of tetrazole rings is 1. The van der Waals surface area contributed by atoms with Gasteiger partial charge in [-0.3, -0.25) is 0 Å². The minimum Gasteiger partial charge on any atom is -0.344 e. The maximum Gasteiger partial charge on any atom is 0.207 e. The molecule has 6 nitrogen and oxygen atoms in total. The van der Waals surface area contributed by atoms with Crippen molar-refractivity contribution in [3.05, 3.63) is 18.6 Å². The fraction of sp³-hybridized carbons (Fsp3) is 0. The molecular formula is C6H4N6. The standard InChI is InChI=1S/C6H4N6/c1-2-12-6(9-10-11-12)5-4(1)7-3-8-5/h1-3H,(H,7,8). The van der Waals surface area contributed by atoms with Crippen molar-refractivity contribution in [2.75, 3.05) is 0 Å². The van der Waals surface area contributed by atoms with Gasteiger partial charge < -0.3 is 4.98 Å². The zero-order chi connectivity index (χ0) is 7.97. The predicted octanol–water partition coefficient (Wildman–Crippen LogP) is 0.000600. The number of H-pyrrole nitrogens is 1. The van der Waals surface area contributed by atoms with Crippen LogP contribution in [-0.2, 0) is 0 Å². The second-order valence-electron chi connectivity index (χ2n) is 2.43. The van der Waals surface area contributed by atoms with Crippen molar-refractivity contribution in [3.63, 3.8) is 0 Å². The van der Waals surface area contributed by atoms with Crippen LogP contribution in [0.25, 0.3) is 16.7 Å². The Kier molecular flexibility index (Phi) is 0.840. The van der Waals surface area contributed by atoms with E-state index in [-0.39, 0.29) is 0 Å². The van der Waals surface area contributed by atoms with E-state index in [1.54, 1.807) is 17.0 Å². The summed E-state index contributed by atoms with van der Waals surface area (Å²) in [4.78, 5) is 7.08. The summed E-state index contributed by atoms with van der Waals surface area (Å²) in [6.45, 7) is 0. The molecule has 0 fully saturated rings. The van der Waals surface area contributed by atoms with Crippen molar-refractivity contribution < 1.29 is 0 Å². The number of imidazole rings is 1. The van der Waals surface area contributed by atoms with Crippen molar-refractivity contribution in [3.8, 4) is 0 Å². The summed E-state index contributed by atoms with van der Waals surface area (Å²) < 4.78 is 1.59. The lowest BCUT2D eigenvalue weighted by Crippen LogP contribution is -1.86. The SMILES string of the molecule is c1nc2c(ccn3nnnc23)[nH]1. The van der Waals surface area contributed by atoms with Crippen molar-refractivity contribution in [1.29, 1.82) is 0 Å². The lowest BCUT2D eigenvalue weighted by molar-refractivity contribution is 0.824. The van der Waals surface area contributed by atoms with Crippen LogP contribution in [0.1, 0.15) is 0 Å². The van der Waals surface area contributed by atoms with E-state index < -0.39 is 0 Å². The zero-order valence-electron chi connectivity index (χ0n) is 5.97. The molecular weight excluding hydrogens is 156 g/mol. The molecule has 0 aromatic carbocycles. The Balaban J connectivity index is 2.71. The molecule has 58 valence electrons. The smallest absolute Gasteiger partial charge is 0.207 e. The second-order valence-corrected chi connectivity index (χ2v) is 2.43. The van der Waals surface area contributed by atoms with Gasteiger partial charge >= 0.3 is 0 Å². The molecule has 0 aliphatic heterocycles. The van der Waals surface area contributed by atoms with Gasteiger partial charge in [0.25, 0.3) is 0 Å². The molecule has 3 heterocycles. The maximum absolute atomic E-state index is 4.10. The summed E-state index contributed by atoms with van der Waals surface area (Å²) in [6, 6.07) is 1.88. The molecule has 0 saturated carbocycles. The van der Waals surface area contributed by atoms with E-state index in [1.165, 1.54) is 0 Å². The fourth-order valence-corrected chi connectivity index (χ4v) is 1.20. The monoisotopic (exact) mass is 160 g/mol. The Hall–Kier alpha value is -1.98. The normalized spacial score (nSPS) is 11.3. The van der Waals surface area contributed by atoms with E-state index in [0.717, 1.165) is 11.0 Å². The minimum absolute atomic E-state index is 0.675. The summed E-state index contributed by atoms with van der Waals surface area (Å²) in [5, 5.41) is 11.1. The summed E-state index contributed by atoms with van der Waals surface area (Å²) in [7, 11) is 0. The summed E-state index contributed by atoms with van der Waals surface area (Å²) >= 11 is 0. The summed E-state index contributed by atoms with van der Waals surface area (Å²) in [6.07, 6.45) is 3.41. The van der Waals surface area contributed by atoms with Crippen LogP contribution in [0, 0.1) is 0 Å². The van der Waals surface area contributed by atoms with E-state index in [2.05, 4.69) is 25.5 Å². The number of aromatic nitrogens is 6. The van der Waals surface area contributed by atoms with Crippen molar-refractivity contribution in [2.24, 2.45) is 0 Å². The van der Waals surface area contributed by atoms with Crippen LogP contribution in [-0.4, -0.2) is 30.0 Å². The van der Waals surface area contributed by atoms with Crippen LogP contribution in [0.2, 0.25) is 0 Å². The van der Waals surface area contributed by atoms with E-state index >= 15 is 0 Å². The zero-order valence-corrected chi connectivity index (χ0v) is 5.97. The number of nitrogens with zero attached hydrogens (tertiary/aromatic N) is 5. The Labute approximate surface area is 66.2 Å². The van der Waals surface area contributed by atoms with Gasteiger partial charge in [-0.05, 0) is 16.5 Å². The van der Waals surface area contributed by atoms with Gasteiger partial charge in [-0.15, -0.1) is 5.10 Å². The Bertz CT molecular complexity index is 485. The third-order valence-corrected chi connectivity index (χ3v) is 1.76. The molecule has 3 rings (SSSR count). The van der Waals surface area contributed by atoms with Gasteiger partial charge in [0.1, 0.15) is 5.52 Å². The van der Waals surface area contributed by atoms with Crippen LogP contribution >= 0.6 is 0 Å². The first-order chi connectivity index (χ1) is 5.95. The molecule has 0 atom stereocenters. The number of rotatable bonds is 0. The molecule has 0 spiro atoms. The molecule has 0 saturated heterocycles. The number of hydrogen-bond donors (Lipinski definition) is 1. The second kappa shape index (κ2) is 1.79. The first-order valence-electron chi connectivity index (χ1n) is 3.45.